The standard InChI is InChI=1S/C12H14Br2N2O3S/c1-7-5-9(14)11(6-8(7)13)20(18,19)16-10-3-2-4-15-12(10)17/h5-6,10,16H,2-4H2,1H3,(H,15,17). The lowest BCUT2D eigenvalue weighted by Gasteiger charge is -2.23. The van der Waals surface area contributed by atoms with Crippen molar-refractivity contribution in [1.29, 1.82) is 0 Å². The molecule has 1 aromatic carbocycles. The minimum Gasteiger partial charge on any atom is -0.355 e. The van der Waals surface area contributed by atoms with Crippen molar-refractivity contribution in [3.8, 4) is 0 Å². The zero-order valence-electron chi connectivity index (χ0n) is 10.7. The Morgan fingerprint density at radius 2 is 2.00 bits per heavy atom. The van der Waals surface area contributed by atoms with E-state index in [1.54, 1.807) is 6.07 Å². The number of benzene rings is 1. The van der Waals surface area contributed by atoms with E-state index in [1.165, 1.54) is 6.07 Å². The fourth-order valence-corrected chi connectivity index (χ4v) is 4.88. The summed E-state index contributed by atoms with van der Waals surface area (Å²) in [5.41, 5.74) is 0.922. The van der Waals surface area contributed by atoms with Crippen molar-refractivity contribution in [1.82, 2.24) is 10.0 Å². The molecule has 1 aliphatic rings. The van der Waals surface area contributed by atoms with Crippen molar-refractivity contribution in [2.24, 2.45) is 0 Å². The molecule has 1 atom stereocenters. The van der Waals surface area contributed by atoms with Crippen LogP contribution in [0.2, 0.25) is 0 Å². The number of aryl methyl sites for hydroxylation is 1. The van der Waals surface area contributed by atoms with Crippen molar-refractivity contribution in [3.63, 3.8) is 0 Å². The summed E-state index contributed by atoms with van der Waals surface area (Å²) < 4.78 is 28.4. The fraction of sp³-hybridized carbons (Fsp3) is 0.417. The van der Waals surface area contributed by atoms with E-state index in [-0.39, 0.29) is 10.8 Å². The van der Waals surface area contributed by atoms with Gasteiger partial charge < -0.3 is 5.32 Å². The second-order valence-corrected chi connectivity index (χ2v) is 8.03. The Bertz CT molecular complexity index is 646. The quantitative estimate of drug-likeness (QED) is 0.778. The van der Waals surface area contributed by atoms with E-state index < -0.39 is 16.1 Å². The SMILES string of the molecule is Cc1cc(Br)c(S(=O)(=O)NC2CCCNC2=O)cc1Br. The van der Waals surface area contributed by atoms with Crippen molar-refractivity contribution in [3.05, 3.63) is 26.6 Å². The van der Waals surface area contributed by atoms with Gasteiger partial charge in [-0.3, -0.25) is 4.79 Å². The van der Waals surface area contributed by atoms with Crippen LogP contribution in [-0.4, -0.2) is 26.9 Å². The summed E-state index contributed by atoms with van der Waals surface area (Å²) in [7, 11) is -3.75. The highest BCUT2D eigenvalue weighted by Crippen LogP contribution is 2.29. The van der Waals surface area contributed by atoms with Crippen molar-refractivity contribution < 1.29 is 13.2 Å². The van der Waals surface area contributed by atoms with E-state index in [1.807, 2.05) is 6.92 Å². The van der Waals surface area contributed by atoms with Gasteiger partial charge in [0, 0.05) is 15.5 Å². The smallest absolute Gasteiger partial charge is 0.242 e. The molecule has 1 saturated heterocycles. The monoisotopic (exact) mass is 424 g/mol. The molecule has 0 spiro atoms. The van der Waals surface area contributed by atoms with Crippen LogP contribution >= 0.6 is 31.9 Å². The van der Waals surface area contributed by atoms with Gasteiger partial charge in [-0.1, -0.05) is 15.9 Å². The number of hydrogen-bond acceptors (Lipinski definition) is 3. The van der Waals surface area contributed by atoms with Crippen LogP contribution in [0.3, 0.4) is 0 Å². The van der Waals surface area contributed by atoms with E-state index in [0.29, 0.717) is 21.9 Å². The fourth-order valence-electron chi connectivity index (χ4n) is 1.97. The third-order valence-electron chi connectivity index (χ3n) is 3.09. The number of amides is 1. The Balaban J connectivity index is 2.31. The van der Waals surface area contributed by atoms with Crippen LogP contribution < -0.4 is 10.0 Å². The number of halogens is 2. The minimum atomic E-state index is -3.75. The maximum atomic E-state index is 12.4. The largest absolute Gasteiger partial charge is 0.355 e. The third kappa shape index (κ3) is 3.41. The van der Waals surface area contributed by atoms with Gasteiger partial charge in [0.05, 0.1) is 4.90 Å². The summed E-state index contributed by atoms with van der Waals surface area (Å²) in [5, 5.41) is 2.65. The molecule has 1 amide bonds. The maximum Gasteiger partial charge on any atom is 0.242 e. The van der Waals surface area contributed by atoms with Gasteiger partial charge in [0.2, 0.25) is 15.9 Å². The highest BCUT2D eigenvalue weighted by molar-refractivity contribution is 9.11. The third-order valence-corrected chi connectivity index (χ3v) is 6.37. The lowest BCUT2D eigenvalue weighted by Crippen LogP contribution is -2.50. The average molecular weight is 426 g/mol. The topological polar surface area (TPSA) is 75.3 Å². The van der Waals surface area contributed by atoms with E-state index in [2.05, 4.69) is 41.9 Å². The van der Waals surface area contributed by atoms with Gasteiger partial charge in [-0.2, -0.15) is 4.72 Å². The predicted molar refractivity (Wildman–Crippen MR) is 82.9 cm³/mol. The molecule has 1 aliphatic heterocycles. The van der Waals surface area contributed by atoms with Crippen molar-refractivity contribution >= 4 is 47.8 Å². The van der Waals surface area contributed by atoms with Crippen LogP contribution in [0.15, 0.2) is 26.0 Å². The summed E-state index contributed by atoms with van der Waals surface area (Å²) in [5.74, 6) is -0.276. The van der Waals surface area contributed by atoms with Crippen molar-refractivity contribution in [2.45, 2.75) is 30.7 Å². The molecule has 0 radical (unpaired) electrons. The number of sulfonamides is 1. The molecule has 1 aromatic rings. The van der Waals surface area contributed by atoms with Gasteiger partial charge >= 0.3 is 0 Å². The van der Waals surface area contributed by atoms with Crippen LogP contribution in [0.25, 0.3) is 0 Å². The van der Waals surface area contributed by atoms with Crippen LogP contribution in [0.1, 0.15) is 18.4 Å². The van der Waals surface area contributed by atoms with Crippen LogP contribution in [0.5, 0.6) is 0 Å². The number of carbonyl (C=O) groups excluding carboxylic acids is 1. The summed E-state index contributed by atoms with van der Waals surface area (Å²) >= 11 is 6.57. The Morgan fingerprint density at radius 1 is 1.30 bits per heavy atom. The lowest BCUT2D eigenvalue weighted by atomic mass is 10.1. The van der Waals surface area contributed by atoms with Gasteiger partial charge in [-0.15, -0.1) is 0 Å². The molecule has 0 aromatic heterocycles. The molecule has 1 unspecified atom stereocenters. The molecule has 0 saturated carbocycles. The van der Waals surface area contributed by atoms with E-state index >= 15 is 0 Å². The normalized spacial score (nSPS) is 19.8. The molecule has 2 N–H and O–H groups in total. The zero-order valence-corrected chi connectivity index (χ0v) is 14.7. The van der Waals surface area contributed by atoms with Crippen molar-refractivity contribution in [2.75, 3.05) is 6.54 Å². The van der Waals surface area contributed by atoms with Gasteiger partial charge in [0.15, 0.2) is 0 Å². The zero-order chi connectivity index (χ0) is 14.9. The predicted octanol–water partition coefficient (Wildman–Crippen LogP) is 2.08. The molecule has 8 heteroatoms. The van der Waals surface area contributed by atoms with Crippen LogP contribution in [0.4, 0.5) is 0 Å². The second kappa shape index (κ2) is 6.13. The van der Waals surface area contributed by atoms with E-state index in [0.717, 1.165) is 12.0 Å². The number of carbonyl (C=O) groups is 1. The summed E-state index contributed by atoms with van der Waals surface area (Å²) in [6.07, 6.45) is 1.27. The molecule has 1 heterocycles. The first-order valence-corrected chi connectivity index (χ1v) is 9.14. The molecule has 0 aliphatic carbocycles. The van der Waals surface area contributed by atoms with E-state index in [4.69, 9.17) is 0 Å². The highest BCUT2D eigenvalue weighted by Gasteiger charge is 2.29. The molecule has 2 rings (SSSR count). The molecule has 5 nitrogen and oxygen atoms in total. The molecule has 20 heavy (non-hydrogen) atoms. The van der Waals surface area contributed by atoms with Crippen LogP contribution in [-0.2, 0) is 14.8 Å². The number of rotatable bonds is 3. The first-order valence-electron chi connectivity index (χ1n) is 6.07. The summed E-state index contributed by atoms with van der Waals surface area (Å²) in [6.45, 7) is 2.46. The van der Waals surface area contributed by atoms with Gasteiger partial charge in [-0.05, 0) is 53.4 Å². The number of hydrogen-bond donors (Lipinski definition) is 2. The summed E-state index contributed by atoms with van der Waals surface area (Å²) in [6, 6.07) is 2.54. The van der Waals surface area contributed by atoms with Gasteiger partial charge in [0.1, 0.15) is 6.04 Å². The Labute approximate surface area is 134 Å². The second-order valence-electron chi connectivity index (χ2n) is 4.64. The van der Waals surface area contributed by atoms with Crippen LogP contribution in [0, 0.1) is 6.92 Å². The van der Waals surface area contributed by atoms with Gasteiger partial charge in [-0.25, -0.2) is 8.42 Å². The first kappa shape index (κ1) is 15.9. The summed E-state index contributed by atoms with van der Waals surface area (Å²) in [4.78, 5) is 11.8. The Morgan fingerprint density at radius 3 is 2.65 bits per heavy atom. The Kier molecular flexibility index (Phi) is 4.88. The Hall–Kier alpha value is -0.440. The number of piperidine rings is 1. The maximum absolute atomic E-state index is 12.4. The molecular formula is C12H14Br2N2O3S. The molecule has 110 valence electrons. The lowest BCUT2D eigenvalue weighted by molar-refractivity contribution is -0.124. The molecular weight excluding hydrogens is 412 g/mol. The van der Waals surface area contributed by atoms with Gasteiger partial charge in [0.25, 0.3) is 0 Å². The highest BCUT2D eigenvalue weighted by atomic mass is 79.9. The van der Waals surface area contributed by atoms with E-state index in [9.17, 15) is 13.2 Å². The molecule has 0 bridgehead atoms. The first-order chi connectivity index (χ1) is 9.31. The molecule has 1 fully saturated rings. The number of nitrogens with one attached hydrogen (secondary N) is 2. The average Bonchev–Trinajstić information content (AvgIpc) is 2.36. The minimum absolute atomic E-state index is 0.119.